The summed E-state index contributed by atoms with van der Waals surface area (Å²) in [4.78, 5) is 11.8. The smallest absolute Gasteiger partial charge is 0.338 e. The lowest BCUT2D eigenvalue weighted by molar-refractivity contribution is 0.0599. The van der Waals surface area contributed by atoms with Gasteiger partial charge >= 0.3 is 5.97 Å². The van der Waals surface area contributed by atoms with Crippen LogP contribution in [-0.2, 0) is 14.8 Å². The van der Waals surface area contributed by atoms with Gasteiger partial charge in [0.1, 0.15) is 12.4 Å². The van der Waals surface area contributed by atoms with Gasteiger partial charge in [0.25, 0.3) is 0 Å². The summed E-state index contributed by atoms with van der Waals surface area (Å²) < 4.78 is 38.0. The van der Waals surface area contributed by atoms with Crippen LogP contribution in [0.2, 0.25) is 0 Å². The molecule has 146 valence electrons. The molecule has 0 amide bonds. The standard InChI is InChI=1S/C21H21NO5S/c1-15-10-11-17(14-19(15)21(23)26-2)28(24,25)22-12-13-27-20-9-5-7-16-6-3-4-8-18(16)20/h3-11,14,22H,12-13H2,1-2H3. The average molecular weight is 399 g/mol. The molecule has 7 heteroatoms. The second kappa shape index (κ2) is 8.41. The number of fused-ring (bicyclic) bond motifs is 1. The third-order valence-electron chi connectivity index (χ3n) is 4.33. The fourth-order valence-electron chi connectivity index (χ4n) is 2.84. The van der Waals surface area contributed by atoms with Gasteiger partial charge < -0.3 is 9.47 Å². The van der Waals surface area contributed by atoms with E-state index in [-0.39, 0.29) is 23.6 Å². The van der Waals surface area contributed by atoms with Crippen LogP contribution in [0.25, 0.3) is 10.8 Å². The molecule has 0 bridgehead atoms. The van der Waals surface area contributed by atoms with E-state index in [4.69, 9.17) is 9.47 Å². The summed E-state index contributed by atoms with van der Waals surface area (Å²) in [6.45, 7) is 1.98. The maximum atomic E-state index is 12.5. The first kappa shape index (κ1) is 19.9. The number of esters is 1. The zero-order valence-electron chi connectivity index (χ0n) is 15.6. The Morgan fingerprint density at radius 3 is 2.57 bits per heavy atom. The molecule has 0 unspecified atom stereocenters. The Hall–Kier alpha value is -2.90. The summed E-state index contributed by atoms with van der Waals surface area (Å²) in [6, 6.07) is 17.9. The van der Waals surface area contributed by atoms with E-state index in [1.807, 2.05) is 42.5 Å². The van der Waals surface area contributed by atoms with Crippen LogP contribution in [0, 0.1) is 6.92 Å². The summed E-state index contributed by atoms with van der Waals surface area (Å²) in [6.07, 6.45) is 0. The molecule has 0 aliphatic heterocycles. The van der Waals surface area contributed by atoms with Crippen LogP contribution < -0.4 is 9.46 Å². The van der Waals surface area contributed by atoms with Crippen molar-refractivity contribution in [3.8, 4) is 5.75 Å². The molecule has 0 aromatic heterocycles. The van der Waals surface area contributed by atoms with Crippen molar-refractivity contribution in [3.63, 3.8) is 0 Å². The molecule has 0 fully saturated rings. The van der Waals surface area contributed by atoms with Crippen LogP contribution in [0.15, 0.2) is 65.6 Å². The van der Waals surface area contributed by atoms with Crippen LogP contribution in [0.3, 0.4) is 0 Å². The number of methoxy groups -OCH3 is 1. The van der Waals surface area contributed by atoms with Crippen LogP contribution >= 0.6 is 0 Å². The number of hydrogen-bond acceptors (Lipinski definition) is 5. The van der Waals surface area contributed by atoms with Crippen LogP contribution in [0.1, 0.15) is 15.9 Å². The van der Waals surface area contributed by atoms with E-state index < -0.39 is 16.0 Å². The molecule has 3 aromatic rings. The van der Waals surface area contributed by atoms with Crippen molar-refractivity contribution in [2.24, 2.45) is 0 Å². The van der Waals surface area contributed by atoms with Gasteiger partial charge in [-0.3, -0.25) is 0 Å². The Morgan fingerprint density at radius 1 is 1.04 bits per heavy atom. The zero-order chi connectivity index (χ0) is 20.1. The fourth-order valence-corrected chi connectivity index (χ4v) is 3.88. The van der Waals surface area contributed by atoms with Crippen molar-refractivity contribution >= 4 is 26.8 Å². The molecule has 0 atom stereocenters. The van der Waals surface area contributed by atoms with Crippen LogP contribution in [0.5, 0.6) is 5.75 Å². The van der Waals surface area contributed by atoms with Crippen molar-refractivity contribution < 1.29 is 22.7 Å². The lowest BCUT2D eigenvalue weighted by Crippen LogP contribution is -2.28. The van der Waals surface area contributed by atoms with E-state index in [2.05, 4.69) is 4.72 Å². The van der Waals surface area contributed by atoms with Crippen LogP contribution in [-0.4, -0.2) is 34.6 Å². The summed E-state index contributed by atoms with van der Waals surface area (Å²) in [5, 5.41) is 2.02. The molecule has 0 saturated carbocycles. The second-order valence-electron chi connectivity index (χ2n) is 6.19. The van der Waals surface area contributed by atoms with E-state index in [0.717, 1.165) is 10.8 Å². The number of carbonyl (C=O) groups is 1. The van der Waals surface area contributed by atoms with Gasteiger partial charge in [-0.15, -0.1) is 0 Å². The number of rotatable bonds is 7. The summed E-state index contributed by atoms with van der Waals surface area (Å²) in [5.74, 6) is 0.120. The number of ether oxygens (including phenoxy) is 2. The zero-order valence-corrected chi connectivity index (χ0v) is 16.5. The highest BCUT2D eigenvalue weighted by atomic mass is 32.2. The van der Waals surface area contributed by atoms with Gasteiger partial charge in [-0.1, -0.05) is 42.5 Å². The van der Waals surface area contributed by atoms with Gasteiger partial charge in [0, 0.05) is 11.9 Å². The lowest BCUT2D eigenvalue weighted by atomic mass is 10.1. The average Bonchev–Trinajstić information content (AvgIpc) is 2.71. The van der Waals surface area contributed by atoms with Gasteiger partial charge in [-0.05, 0) is 36.1 Å². The highest BCUT2D eigenvalue weighted by molar-refractivity contribution is 7.89. The SMILES string of the molecule is COC(=O)c1cc(S(=O)(=O)NCCOc2cccc3ccccc23)ccc1C. The van der Waals surface area contributed by atoms with E-state index >= 15 is 0 Å². The number of sulfonamides is 1. The van der Waals surface area contributed by atoms with Gasteiger partial charge in [0.2, 0.25) is 10.0 Å². The minimum atomic E-state index is -3.78. The molecule has 28 heavy (non-hydrogen) atoms. The van der Waals surface area contributed by atoms with E-state index in [9.17, 15) is 13.2 Å². The van der Waals surface area contributed by atoms with Crippen molar-refractivity contribution in [1.82, 2.24) is 4.72 Å². The Kier molecular flexibility index (Phi) is 5.96. The third kappa shape index (κ3) is 4.32. The van der Waals surface area contributed by atoms with Crippen LogP contribution in [0.4, 0.5) is 0 Å². The molecule has 3 aromatic carbocycles. The molecule has 0 aliphatic rings. The quantitative estimate of drug-likeness (QED) is 0.487. The minimum Gasteiger partial charge on any atom is -0.492 e. The van der Waals surface area contributed by atoms with Gasteiger partial charge in [0.05, 0.1) is 17.6 Å². The molecule has 0 spiro atoms. The lowest BCUT2D eigenvalue weighted by Gasteiger charge is -2.11. The third-order valence-corrected chi connectivity index (χ3v) is 5.78. The Labute approximate surface area is 164 Å². The predicted octanol–water partition coefficient (Wildman–Crippen LogP) is 3.29. The normalized spacial score (nSPS) is 11.4. The second-order valence-corrected chi connectivity index (χ2v) is 7.96. The van der Waals surface area contributed by atoms with Crippen molar-refractivity contribution in [2.75, 3.05) is 20.3 Å². The van der Waals surface area contributed by atoms with E-state index in [0.29, 0.717) is 11.3 Å². The first-order valence-corrected chi connectivity index (χ1v) is 10.2. The first-order valence-electron chi connectivity index (χ1n) is 8.71. The van der Waals surface area contributed by atoms with Crippen molar-refractivity contribution in [3.05, 3.63) is 71.8 Å². The largest absolute Gasteiger partial charge is 0.492 e. The summed E-state index contributed by atoms with van der Waals surface area (Å²) in [7, 11) is -2.52. The molecule has 6 nitrogen and oxygen atoms in total. The molecule has 0 radical (unpaired) electrons. The van der Waals surface area contributed by atoms with Crippen molar-refractivity contribution in [2.45, 2.75) is 11.8 Å². The highest BCUT2D eigenvalue weighted by Gasteiger charge is 2.18. The monoisotopic (exact) mass is 399 g/mol. The number of aryl methyl sites for hydroxylation is 1. The fraction of sp³-hybridized carbons (Fsp3) is 0.190. The Balaban J connectivity index is 1.66. The summed E-state index contributed by atoms with van der Waals surface area (Å²) >= 11 is 0. The van der Waals surface area contributed by atoms with Crippen molar-refractivity contribution in [1.29, 1.82) is 0 Å². The molecule has 0 aliphatic carbocycles. The molecule has 0 heterocycles. The topological polar surface area (TPSA) is 81.7 Å². The minimum absolute atomic E-state index is 0.00339. The number of nitrogens with one attached hydrogen (secondary N) is 1. The molecular formula is C21H21NO5S. The maximum absolute atomic E-state index is 12.5. The Bertz CT molecular complexity index is 1100. The first-order chi connectivity index (χ1) is 13.4. The summed E-state index contributed by atoms with van der Waals surface area (Å²) in [5.41, 5.74) is 0.863. The maximum Gasteiger partial charge on any atom is 0.338 e. The molecular weight excluding hydrogens is 378 g/mol. The highest BCUT2D eigenvalue weighted by Crippen LogP contribution is 2.25. The van der Waals surface area contributed by atoms with Gasteiger partial charge in [0.15, 0.2) is 0 Å². The van der Waals surface area contributed by atoms with E-state index in [1.165, 1.54) is 19.2 Å². The predicted molar refractivity (Wildman–Crippen MR) is 107 cm³/mol. The number of benzene rings is 3. The van der Waals surface area contributed by atoms with Gasteiger partial charge in [-0.25, -0.2) is 17.9 Å². The van der Waals surface area contributed by atoms with E-state index in [1.54, 1.807) is 13.0 Å². The molecule has 0 saturated heterocycles. The number of carbonyl (C=O) groups excluding carboxylic acids is 1. The molecule has 3 rings (SSSR count). The Morgan fingerprint density at radius 2 is 1.79 bits per heavy atom. The number of hydrogen-bond donors (Lipinski definition) is 1. The molecule has 1 N–H and O–H groups in total. The van der Waals surface area contributed by atoms with Gasteiger partial charge in [-0.2, -0.15) is 0 Å².